The summed E-state index contributed by atoms with van der Waals surface area (Å²) >= 11 is 0. The number of carbonyl (C=O) groups is 3. The number of ether oxygens (including phenoxy) is 1. The predicted molar refractivity (Wildman–Crippen MR) is 116 cm³/mol. The Morgan fingerprint density at radius 1 is 0.935 bits per heavy atom. The lowest BCUT2D eigenvalue weighted by Crippen LogP contribution is -3.09. The fraction of sp³-hybridized carbons (Fsp3) is 0.348. The third kappa shape index (κ3) is 4.11. The highest BCUT2D eigenvalue weighted by molar-refractivity contribution is 6.52. The molecule has 0 bridgehead atoms. The first-order valence-corrected chi connectivity index (χ1v) is 10.5. The van der Waals surface area contributed by atoms with Gasteiger partial charge >= 0.3 is 17.8 Å². The second-order valence-corrected chi connectivity index (χ2v) is 7.97. The average molecular weight is 423 g/mol. The Morgan fingerprint density at radius 3 is 2.29 bits per heavy atom. The van der Waals surface area contributed by atoms with Crippen LogP contribution < -0.4 is 19.4 Å². The highest BCUT2D eigenvalue weighted by Crippen LogP contribution is 2.25. The van der Waals surface area contributed by atoms with E-state index in [1.807, 2.05) is 19.2 Å². The number of nitrogens with zero attached hydrogens (tertiary/aromatic N) is 3. The maximum atomic E-state index is 12.9. The van der Waals surface area contributed by atoms with Gasteiger partial charge in [-0.05, 0) is 43.2 Å². The Kier molecular flexibility index (Phi) is 5.90. The quantitative estimate of drug-likeness (QED) is 0.536. The summed E-state index contributed by atoms with van der Waals surface area (Å²) in [6.45, 7) is 2.85. The summed E-state index contributed by atoms with van der Waals surface area (Å²) in [5.74, 6) is -1.03. The van der Waals surface area contributed by atoms with Gasteiger partial charge in [0.2, 0.25) is 0 Å². The van der Waals surface area contributed by atoms with Gasteiger partial charge in [0.05, 0.1) is 19.8 Å². The van der Waals surface area contributed by atoms with Gasteiger partial charge in [-0.1, -0.05) is 18.2 Å². The van der Waals surface area contributed by atoms with Crippen molar-refractivity contribution in [3.63, 3.8) is 0 Å². The zero-order valence-corrected chi connectivity index (χ0v) is 17.8. The first-order chi connectivity index (χ1) is 15.0. The monoisotopic (exact) mass is 423 g/mol. The number of rotatable bonds is 7. The Labute approximate surface area is 181 Å². The van der Waals surface area contributed by atoms with Gasteiger partial charge in [-0.3, -0.25) is 9.59 Å². The van der Waals surface area contributed by atoms with Crippen molar-refractivity contribution >= 4 is 29.2 Å². The molecule has 0 aliphatic carbocycles. The summed E-state index contributed by atoms with van der Waals surface area (Å²) in [5, 5.41) is 0. The maximum absolute atomic E-state index is 12.9. The molecule has 31 heavy (non-hydrogen) atoms. The fourth-order valence-electron chi connectivity index (χ4n) is 4.18. The van der Waals surface area contributed by atoms with Gasteiger partial charge in [0, 0.05) is 24.3 Å². The molecule has 0 aromatic heterocycles. The molecule has 8 heteroatoms. The van der Waals surface area contributed by atoms with Gasteiger partial charge in [0.1, 0.15) is 12.3 Å². The second kappa shape index (κ2) is 8.77. The lowest BCUT2D eigenvalue weighted by molar-refractivity contribution is -0.901. The number of amides is 4. The van der Waals surface area contributed by atoms with E-state index >= 15 is 0 Å². The molecule has 8 nitrogen and oxygen atoms in total. The normalized spacial score (nSPS) is 17.6. The number of urea groups is 1. The molecule has 1 N–H and O–H groups in total. The highest BCUT2D eigenvalue weighted by Gasteiger charge is 2.46. The molecule has 1 atom stereocenters. The Morgan fingerprint density at radius 2 is 1.61 bits per heavy atom. The van der Waals surface area contributed by atoms with Crippen LogP contribution in [-0.4, -0.2) is 56.7 Å². The number of carbonyl (C=O) groups excluding carboxylic acids is 3. The molecule has 0 saturated carbocycles. The van der Waals surface area contributed by atoms with Crippen LogP contribution in [0.2, 0.25) is 0 Å². The molecule has 0 radical (unpaired) electrons. The van der Waals surface area contributed by atoms with E-state index in [-0.39, 0.29) is 6.67 Å². The number of anilines is 2. The lowest BCUT2D eigenvalue weighted by atomic mass is 10.1. The molecule has 2 aromatic carbocycles. The fourth-order valence-corrected chi connectivity index (χ4v) is 4.18. The Bertz CT molecular complexity index is 985. The van der Waals surface area contributed by atoms with Crippen molar-refractivity contribution in [3.8, 4) is 5.75 Å². The van der Waals surface area contributed by atoms with Crippen LogP contribution >= 0.6 is 0 Å². The van der Waals surface area contributed by atoms with Crippen molar-refractivity contribution in [2.45, 2.75) is 19.4 Å². The van der Waals surface area contributed by atoms with E-state index in [0.717, 1.165) is 27.8 Å². The van der Waals surface area contributed by atoms with Crippen molar-refractivity contribution < 1.29 is 24.0 Å². The minimum atomic E-state index is -0.833. The molecule has 2 aromatic rings. The third-order valence-corrected chi connectivity index (χ3v) is 5.74. The van der Waals surface area contributed by atoms with E-state index in [2.05, 4.69) is 17.0 Å². The molecular weight excluding hydrogens is 396 g/mol. The minimum absolute atomic E-state index is 0.115. The van der Waals surface area contributed by atoms with Crippen LogP contribution in [0.25, 0.3) is 0 Å². The summed E-state index contributed by atoms with van der Waals surface area (Å²) in [6, 6.07) is 14.1. The van der Waals surface area contributed by atoms with Gasteiger partial charge in [-0.2, -0.15) is 0 Å². The predicted octanol–water partition coefficient (Wildman–Crippen LogP) is 1.26. The lowest BCUT2D eigenvalue weighted by Gasteiger charge is -2.24. The molecular formula is C23H27N4O4+. The van der Waals surface area contributed by atoms with Crippen molar-refractivity contribution in [2.24, 2.45) is 0 Å². The van der Waals surface area contributed by atoms with Gasteiger partial charge in [0.25, 0.3) is 0 Å². The van der Waals surface area contributed by atoms with Crippen molar-refractivity contribution in [3.05, 3.63) is 54.1 Å². The number of hydrogen-bond donors (Lipinski definition) is 1. The van der Waals surface area contributed by atoms with Crippen molar-refractivity contribution in [1.29, 1.82) is 0 Å². The SMILES string of the molecule is COc1ccc(N2C(=O)C(=O)N(C[NH+](C)Cc3ccccc3N3CCCC3)C2=O)cc1. The minimum Gasteiger partial charge on any atom is -0.497 e. The number of hydrogen-bond acceptors (Lipinski definition) is 5. The molecule has 2 aliphatic rings. The zero-order chi connectivity index (χ0) is 22.0. The van der Waals surface area contributed by atoms with Gasteiger partial charge in [0.15, 0.2) is 6.67 Å². The van der Waals surface area contributed by atoms with E-state index in [9.17, 15) is 14.4 Å². The standard InChI is InChI=1S/C23H26N4O4/c1-24(15-17-7-3-4-8-20(17)25-13-5-6-14-25)16-26-21(28)22(29)27(23(26)30)18-9-11-19(31-2)12-10-18/h3-4,7-12H,5-6,13-16H2,1-2H3/p+1. The van der Waals surface area contributed by atoms with Crippen LogP contribution in [0.4, 0.5) is 16.2 Å². The first kappa shape index (κ1) is 20.9. The van der Waals surface area contributed by atoms with E-state index in [1.54, 1.807) is 24.3 Å². The van der Waals surface area contributed by atoms with Gasteiger partial charge in [-0.25, -0.2) is 14.6 Å². The molecule has 162 valence electrons. The number of quaternary nitrogens is 1. The topological polar surface area (TPSA) is 74.6 Å². The van der Waals surface area contributed by atoms with Crippen LogP contribution in [0, 0.1) is 0 Å². The average Bonchev–Trinajstić information content (AvgIpc) is 3.38. The van der Waals surface area contributed by atoms with Crippen LogP contribution in [0.5, 0.6) is 5.75 Å². The highest BCUT2D eigenvalue weighted by atomic mass is 16.5. The van der Waals surface area contributed by atoms with Crippen LogP contribution in [-0.2, 0) is 16.1 Å². The molecule has 2 aliphatic heterocycles. The molecule has 2 saturated heterocycles. The van der Waals surface area contributed by atoms with E-state index < -0.39 is 17.8 Å². The zero-order valence-electron chi connectivity index (χ0n) is 17.8. The first-order valence-electron chi connectivity index (χ1n) is 10.5. The van der Waals surface area contributed by atoms with E-state index in [1.165, 1.54) is 31.2 Å². The molecule has 4 amide bonds. The van der Waals surface area contributed by atoms with Crippen LogP contribution in [0.1, 0.15) is 18.4 Å². The van der Waals surface area contributed by atoms with Crippen LogP contribution in [0.15, 0.2) is 48.5 Å². The largest absolute Gasteiger partial charge is 0.497 e. The molecule has 2 heterocycles. The number of benzene rings is 2. The van der Waals surface area contributed by atoms with E-state index in [0.29, 0.717) is 18.0 Å². The summed E-state index contributed by atoms with van der Waals surface area (Å²) in [5.41, 5.74) is 2.72. The second-order valence-electron chi connectivity index (χ2n) is 7.97. The molecule has 0 spiro atoms. The summed E-state index contributed by atoms with van der Waals surface area (Å²) in [6.07, 6.45) is 2.38. The number of imide groups is 2. The third-order valence-electron chi connectivity index (χ3n) is 5.74. The van der Waals surface area contributed by atoms with Gasteiger partial charge < -0.3 is 14.5 Å². The number of methoxy groups -OCH3 is 1. The van der Waals surface area contributed by atoms with E-state index in [4.69, 9.17) is 4.74 Å². The number of nitrogens with one attached hydrogen (secondary N) is 1. The molecule has 1 unspecified atom stereocenters. The summed E-state index contributed by atoms with van der Waals surface area (Å²) in [4.78, 5) is 43.2. The summed E-state index contributed by atoms with van der Waals surface area (Å²) in [7, 11) is 3.45. The summed E-state index contributed by atoms with van der Waals surface area (Å²) < 4.78 is 5.11. The van der Waals surface area contributed by atoms with Crippen LogP contribution in [0.3, 0.4) is 0 Å². The van der Waals surface area contributed by atoms with Crippen molar-refractivity contribution in [1.82, 2.24) is 4.90 Å². The number of para-hydroxylation sites is 1. The van der Waals surface area contributed by atoms with Gasteiger partial charge in [-0.15, -0.1) is 0 Å². The molecule has 2 fully saturated rings. The van der Waals surface area contributed by atoms with Crippen molar-refractivity contribution in [2.75, 3.05) is 43.7 Å². The smallest absolute Gasteiger partial charge is 0.343 e. The Balaban J connectivity index is 1.47. The molecule has 4 rings (SSSR count). The maximum Gasteiger partial charge on any atom is 0.343 e. The Hall–Kier alpha value is -3.39.